The molecule has 0 atom stereocenters. The van der Waals surface area contributed by atoms with E-state index in [0.29, 0.717) is 23.2 Å². The van der Waals surface area contributed by atoms with Crippen molar-refractivity contribution >= 4 is 6.29 Å². The summed E-state index contributed by atoms with van der Waals surface area (Å²) in [6.07, 6.45) is 3.35. The molecule has 1 aromatic carbocycles. The fourth-order valence-electron chi connectivity index (χ4n) is 1.19. The lowest BCUT2D eigenvalue weighted by Gasteiger charge is -2.04. The first kappa shape index (κ1) is 10.8. The third-order valence-corrected chi connectivity index (χ3v) is 1.99. The normalized spacial score (nSPS) is 9.35. The van der Waals surface area contributed by atoms with Gasteiger partial charge in [0.25, 0.3) is 0 Å². The minimum Gasteiger partial charge on any atom is -0.423 e. The number of aldehydes is 1. The van der Waals surface area contributed by atoms with Crippen molar-refractivity contribution in [2.45, 2.75) is 0 Å². The van der Waals surface area contributed by atoms with Crippen LogP contribution in [0, 0.1) is 11.3 Å². The number of carbonyl (C=O) groups is 1. The summed E-state index contributed by atoms with van der Waals surface area (Å²) < 4.78 is 5.34. The Bertz CT molecular complexity index is 573. The third-order valence-electron chi connectivity index (χ3n) is 1.99. The van der Waals surface area contributed by atoms with E-state index in [1.54, 1.807) is 24.3 Å². The maximum atomic E-state index is 10.4. The van der Waals surface area contributed by atoms with Crippen LogP contribution in [-0.4, -0.2) is 16.3 Å². The van der Waals surface area contributed by atoms with Gasteiger partial charge in [0.2, 0.25) is 0 Å². The van der Waals surface area contributed by atoms with Crippen molar-refractivity contribution in [3.8, 4) is 17.8 Å². The molecule has 0 aliphatic carbocycles. The molecule has 0 radical (unpaired) electrons. The molecule has 0 unspecified atom stereocenters. The summed E-state index contributed by atoms with van der Waals surface area (Å²) in [6.45, 7) is 0. The summed E-state index contributed by atoms with van der Waals surface area (Å²) in [7, 11) is 0. The largest absolute Gasteiger partial charge is 0.423 e. The second-order valence-electron chi connectivity index (χ2n) is 3.13. The first-order chi connectivity index (χ1) is 8.33. The average Bonchev–Trinajstić information content (AvgIpc) is 2.40. The lowest BCUT2D eigenvalue weighted by atomic mass is 10.2. The van der Waals surface area contributed by atoms with E-state index in [-0.39, 0.29) is 6.01 Å². The van der Waals surface area contributed by atoms with Gasteiger partial charge in [0, 0.05) is 12.4 Å². The van der Waals surface area contributed by atoms with Crippen LogP contribution in [0.1, 0.15) is 15.9 Å². The van der Waals surface area contributed by atoms with Crippen molar-refractivity contribution in [1.29, 1.82) is 5.26 Å². The van der Waals surface area contributed by atoms with Gasteiger partial charge in [-0.25, -0.2) is 9.97 Å². The number of hydrogen-bond donors (Lipinski definition) is 0. The standard InChI is InChI=1S/C12H7N3O2/c13-5-10-3-1-2-4-11(10)17-12-14-6-9(8-16)7-15-12/h1-4,6-8H. The van der Waals surface area contributed by atoms with Crippen molar-refractivity contribution in [1.82, 2.24) is 9.97 Å². The number of hydrogen-bond acceptors (Lipinski definition) is 5. The zero-order valence-corrected chi connectivity index (χ0v) is 8.70. The highest BCUT2D eigenvalue weighted by atomic mass is 16.5. The molecular weight excluding hydrogens is 218 g/mol. The summed E-state index contributed by atoms with van der Waals surface area (Å²) in [5.74, 6) is 0.383. The van der Waals surface area contributed by atoms with E-state index >= 15 is 0 Å². The smallest absolute Gasteiger partial charge is 0.321 e. The molecule has 1 aromatic heterocycles. The second kappa shape index (κ2) is 4.86. The summed E-state index contributed by atoms with van der Waals surface area (Å²) in [5, 5.41) is 8.86. The van der Waals surface area contributed by atoms with Crippen LogP contribution < -0.4 is 4.74 Å². The number of rotatable bonds is 3. The minimum atomic E-state index is 0.0956. The highest BCUT2D eigenvalue weighted by Crippen LogP contribution is 2.21. The summed E-state index contributed by atoms with van der Waals surface area (Å²) in [5.41, 5.74) is 0.765. The first-order valence-corrected chi connectivity index (χ1v) is 4.77. The van der Waals surface area contributed by atoms with Crippen molar-refractivity contribution in [2.75, 3.05) is 0 Å². The molecule has 0 saturated carbocycles. The molecule has 0 aliphatic heterocycles. The number of aromatic nitrogens is 2. The van der Waals surface area contributed by atoms with Crippen LogP contribution in [0.15, 0.2) is 36.7 Å². The molecule has 0 aliphatic rings. The molecule has 0 spiro atoms. The first-order valence-electron chi connectivity index (χ1n) is 4.77. The van der Waals surface area contributed by atoms with Crippen LogP contribution in [0.5, 0.6) is 11.8 Å². The van der Waals surface area contributed by atoms with Crippen LogP contribution in [0.2, 0.25) is 0 Å². The molecule has 5 nitrogen and oxygen atoms in total. The van der Waals surface area contributed by atoms with Gasteiger partial charge in [-0.3, -0.25) is 4.79 Å². The lowest BCUT2D eigenvalue weighted by molar-refractivity contribution is 0.112. The third kappa shape index (κ3) is 2.44. The van der Waals surface area contributed by atoms with E-state index in [1.165, 1.54) is 12.4 Å². The number of nitrogens with zero attached hydrogens (tertiary/aromatic N) is 3. The molecule has 1 heterocycles. The SMILES string of the molecule is N#Cc1ccccc1Oc1ncc(C=O)cn1. The Morgan fingerprint density at radius 1 is 1.24 bits per heavy atom. The van der Waals surface area contributed by atoms with Crippen LogP contribution in [0.25, 0.3) is 0 Å². The summed E-state index contributed by atoms with van der Waals surface area (Å²) in [6, 6.07) is 8.86. The van der Waals surface area contributed by atoms with E-state index in [1.807, 2.05) is 6.07 Å². The molecule has 2 aromatic rings. The topological polar surface area (TPSA) is 75.9 Å². The molecule has 0 bridgehead atoms. The maximum absolute atomic E-state index is 10.4. The Kier molecular flexibility index (Phi) is 3.08. The highest BCUT2D eigenvalue weighted by molar-refractivity contribution is 5.73. The van der Waals surface area contributed by atoms with Gasteiger partial charge >= 0.3 is 6.01 Å². The van der Waals surface area contributed by atoms with Gasteiger partial charge in [-0.1, -0.05) is 12.1 Å². The van der Waals surface area contributed by atoms with Crippen molar-refractivity contribution in [3.05, 3.63) is 47.8 Å². The quantitative estimate of drug-likeness (QED) is 0.746. The predicted molar refractivity (Wildman–Crippen MR) is 58.7 cm³/mol. The predicted octanol–water partition coefficient (Wildman–Crippen LogP) is 1.95. The van der Waals surface area contributed by atoms with Gasteiger partial charge in [-0.05, 0) is 12.1 Å². The number of benzene rings is 1. The summed E-state index contributed by atoms with van der Waals surface area (Å²) in [4.78, 5) is 18.1. The Morgan fingerprint density at radius 3 is 2.59 bits per heavy atom. The molecule has 82 valence electrons. The van der Waals surface area contributed by atoms with E-state index < -0.39 is 0 Å². The van der Waals surface area contributed by atoms with Crippen LogP contribution in [0.4, 0.5) is 0 Å². The van der Waals surface area contributed by atoms with Crippen molar-refractivity contribution in [2.24, 2.45) is 0 Å². The van der Waals surface area contributed by atoms with Crippen molar-refractivity contribution in [3.63, 3.8) is 0 Å². The molecule has 0 amide bonds. The Labute approximate surface area is 97.3 Å². The Morgan fingerprint density at radius 2 is 1.94 bits per heavy atom. The van der Waals surface area contributed by atoms with Gasteiger partial charge in [-0.15, -0.1) is 0 Å². The zero-order chi connectivity index (χ0) is 12.1. The maximum Gasteiger partial charge on any atom is 0.321 e. The average molecular weight is 225 g/mol. The van der Waals surface area contributed by atoms with E-state index in [4.69, 9.17) is 10.00 Å². The monoisotopic (exact) mass is 225 g/mol. The Balaban J connectivity index is 2.25. The second-order valence-corrected chi connectivity index (χ2v) is 3.13. The molecule has 0 N–H and O–H groups in total. The van der Waals surface area contributed by atoms with Gasteiger partial charge in [0.05, 0.1) is 11.1 Å². The molecule has 0 fully saturated rings. The fraction of sp³-hybridized carbons (Fsp3) is 0. The van der Waals surface area contributed by atoms with Crippen molar-refractivity contribution < 1.29 is 9.53 Å². The molecule has 17 heavy (non-hydrogen) atoms. The van der Waals surface area contributed by atoms with Gasteiger partial charge in [0.1, 0.15) is 11.8 Å². The minimum absolute atomic E-state index is 0.0956. The van der Waals surface area contributed by atoms with Gasteiger partial charge in [-0.2, -0.15) is 5.26 Å². The van der Waals surface area contributed by atoms with Crippen LogP contribution >= 0.6 is 0 Å². The number of carbonyl (C=O) groups excluding carboxylic acids is 1. The number of para-hydroxylation sites is 1. The van der Waals surface area contributed by atoms with E-state index in [2.05, 4.69) is 9.97 Å². The molecule has 5 heteroatoms. The number of ether oxygens (including phenoxy) is 1. The van der Waals surface area contributed by atoms with Gasteiger partial charge in [0.15, 0.2) is 6.29 Å². The molecule has 0 saturated heterocycles. The zero-order valence-electron chi connectivity index (χ0n) is 8.70. The molecular formula is C12H7N3O2. The van der Waals surface area contributed by atoms with Crippen LogP contribution in [-0.2, 0) is 0 Å². The fourth-order valence-corrected chi connectivity index (χ4v) is 1.19. The van der Waals surface area contributed by atoms with E-state index in [9.17, 15) is 4.79 Å². The van der Waals surface area contributed by atoms with Crippen LogP contribution in [0.3, 0.4) is 0 Å². The summed E-state index contributed by atoms with van der Waals surface area (Å²) >= 11 is 0. The van der Waals surface area contributed by atoms with E-state index in [0.717, 1.165) is 0 Å². The Hall–Kier alpha value is -2.74. The van der Waals surface area contributed by atoms with Gasteiger partial charge < -0.3 is 4.74 Å². The number of nitriles is 1. The molecule has 2 rings (SSSR count). The highest BCUT2D eigenvalue weighted by Gasteiger charge is 2.05. The lowest BCUT2D eigenvalue weighted by Crippen LogP contribution is -1.94.